The summed E-state index contributed by atoms with van der Waals surface area (Å²) in [6, 6.07) is 4.11. The average Bonchev–Trinajstić information content (AvgIpc) is 2.97. The van der Waals surface area contributed by atoms with Gasteiger partial charge in [-0.05, 0) is 26.0 Å². The smallest absolute Gasteiger partial charge is 0.330 e. The van der Waals surface area contributed by atoms with Crippen molar-refractivity contribution < 1.29 is 28.1 Å². The SMILES string of the molecule is COC(=O)C1N2C(=O)C(N3C(=O)c4ccccc4C3=O)C2S(=O)C1(C)C. The van der Waals surface area contributed by atoms with Gasteiger partial charge in [-0.3, -0.25) is 23.5 Å². The molecule has 9 heteroatoms. The monoisotopic (exact) mass is 376 g/mol. The Kier molecular flexibility index (Phi) is 3.40. The van der Waals surface area contributed by atoms with E-state index in [1.54, 1.807) is 26.0 Å². The van der Waals surface area contributed by atoms with Gasteiger partial charge in [-0.1, -0.05) is 12.1 Å². The maximum atomic E-state index is 13.0. The number of hydrogen-bond donors (Lipinski definition) is 0. The van der Waals surface area contributed by atoms with E-state index in [4.69, 9.17) is 4.74 Å². The highest BCUT2D eigenvalue weighted by molar-refractivity contribution is 7.87. The maximum absolute atomic E-state index is 13.0. The summed E-state index contributed by atoms with van der Waals surface area (Å²) in [6.45, 7) is 3.21. The van der Waals surface area contributed by atoms with Crippen LogP contribution in [0.4, 0.5) is 0 Å². The Morgan fingerprint density at radius 2 is 1.65 bits per heavy atom. The number of imide groups is 1. The lowest BCUT2D eigenvalue weighted by Gasteiger charge is -2.45. The minimum absolute atomic E-state index is 0.219. The molecule has 136 valence electrons. The van der Waals surface area contributed by atoms with Crippen molar-refractivity contribution >= 4 is 34.5 Å². The summed E-state index contributed by atoms with van der Waals surface area (Å²) in [7, 11) is -0.462. The number of benzene rings is 1. The van der Waals surface area contributed by atoms with Crippen LogP contribution in [0.2, 0.25) is 0 Å². The van der Waals surface area contributed by atoms with Crippen LogP contribution in [-0.4, -0.2) is 67.0 Å². The molecule has 3 amide bonds. The van der Waals surface area contributed by atoms with E-state index >= 15 is 0 Å². The van der Waals surface area contributed by atoms with Gasteiger partial charge in [0.05, 0.1) is 33.8 Å². The fourth-order valence-corrected chi connectivity index (χ4v) is 5.88. The molecule has 2 saturated heterocycles. The first-order valence-electron chi connectivity index (χ1n) is 8.01. The zero-order chi connectivity index (χ0) is 19.0. The molecule has 26 heavy (non-hydrogen) atoms. The Morgan fingerprint density at radius 3 is 2.15 bits per heavy atom. The highest BCUT2D eigenvalue weighted by Gasteiger charge is 2.71. The Balaban J connectivity index is 1.73. The summed E-state index contributed by atoms with van der Waals surface area (Å²) in [5, 5.41) is -0.913. The van der Waals surface area contributed by atoms with Gasteiger partial charge in [0.15, 0.2) is 6.04 Å². The van der Waals surface area contributed by atoms with Gasteiger partial charge in [0.1, 0.15) is 11.4 Å². The van der Waals surface area contributed by atoms with E-state index in [2.05, 4.69) is 0 Å². The zero-order valence-electron chi connectivity index (χ0n) is 14.3. The van der Waals surface area contributed by atoms with Gasteiger partial charge in [0.25, 0.3) is 17.7 Å². The molecule has 2 fully saturated rings. The van der Waals surface area contributed by atoms with Gasteiger partial charge in [0.2, 0.25) is 0 Å². The van der Waals surface area contributed by atoms with E-state index in [-0.39, 0.29) is 11.1 Å². The number of carbonyl (C=O) groups excluding carboxylic acids is 4. The predicted octanol–water partition coefficient (Wildman–Crippen LogP) is -0.0980. The van der Waals surface area contributed by atoms with E-state index < -0.39 is 56.7 Å². The van der Waals surface area contributed by atoms with Crippen molar-refractivity contribution in [3.05, 3.63) is 35.4 Å². The second-order valence-electron chi connectivity index (χ2n) is 6.93. The number of esters is 1. The van der Waals surface area contributed by atoms with Crippen LogP contribution >= 0.6 is 0 Å². The van der Waals surface area contributed by atoms with E-state index in [0.717, 1.165) is 4.90 Å². The standard InChI is InChI=1S/C17H16N2O6S/c1-17(2)11(16(23)25-3)19-14(22)10(15(19)26(17)24)18-12(20)8-6-4-5-7-9(8)13(18)21/h4-7,10-11,15H,1-3H3. The molecule has 0 N–H and O–H groups in total. The highest BCUT2D eigenvalue weighted by atomic mass is 32.2. The van der Waals surface area contributed by atoms with Crippen molar-refractivity contribution in [3.8, 4) is 0 Å². The Labute approximate surface area is 151 Å². The molecule has 4 unspecified atom stereocenters. The lowest BCUT2D eigenvalue weighted by Crippen LogP contribution is -2.72. The first-order chi connectivity index (χ1) is 12.2. The molecule has 0 spiro atoms. The van der Waals surface area contributed by atoms with Crippen LogP contribution in [0, 0.1) is 0 Å². The minimum atomic E-state index is -1.66. The molecule has 3 heterocycles. The van der Waals surface area contributed by atoms with Gasteiger partial charge < -0.3 is 9.64 Å². The summed E-state index contributed by atoms with van der Waals surface area (Å²) in [4.78, 5) is 52.3. The van der Waals surface area contributed by atoms with Gasteiger partial charge in [-0.2, -0.15) is 0 Å². The number of fused-ring (bicyclic) bond motifs is 2. The van der Waals surface area contributed by atoms with Crippen LogP contribution in [0.5, 0.6) is 0 Å². The van der Waals surface area contributed by atoms with Crippen LogP contribution in [0.15, 0.2) is 24.3 Å². The fraction of sp³-hybridized carbons (Fsp3) is 0.412. The molecule has 8 nitrogen and oxygen atoms in total. The quantitative estimate of drug-likeness (QED) is 0.406. The zero-order valence-corrected chi connectivity index (χ0v) is 15.1. The van der Waals surface area contributed by atoms with Crippen molar-refractivity contribution in [2.45, 2.75) is 36.1 Å². The number of hydrogen-bond acceptors (Lipinski definition) is 6. The Morgan fingerprint density at radius 1 is 1.12 bits per heavy atom. The molecule has 3 aliphatic rings. The minimum Gasteiger partial charge on any atom is -0.467 e. The molecule has 3 aliphatic heterocycles. The largest absolute Gasteiger partial charge is 0.467 e. The lowest BCUT2D eigenvalue weighted by molar-refractivity contribution is -0.164. The summed E-state index contributed by atoms with van der Waals surface area (Å²) in [6.07, 6.45) is 0. The van der Waals surface area contributed by atoms with E-state index in [9.17, 15) is 23.4 Å². The van der Waals surface area contributed by atoms with Crippen LogP contribution in [-0.2, 0) is 25.1 Å². The molecule has 4 atom stereocenters. The van der Waals surface area contributed by atoms with Crippen molar-refractivity contribution in [1.82, 2.24) is 9.80 Å². The third-order valence-electron chi connectivity index (χ3n) is 5.25. The third kappa shape index (κ3) is 1.81. The number of amides is 3. The number of nitrogens with zero attached hydrogens (tertiary/aromatic N) is 2. The van der Waals surface area contributed by atoms with Crippen LogP contribution in [0.1, 0.15) is 34.6 Å². The molecular formula is C17H16N2O6S. The van der Waals surface area contributed by atoms with Crippen molar-refractivity contribution in [3.63, 3.8) is 0 Å². The lowest BCUT2D eigenvalue weighted by atomic mass is 9.95. The summed E-state index contributed by atoms with van der Waals surface area (Å²) in [5.41, 5.74) is 0.438. The van der Waals surface area contributed by atoms with Gasteiger partial charge in [-0.15, -0.1) is 0 Å². The fourth-order valence-electron chi connectivity index (χ4n) is 3.93. The van der Waals surface area contributed by atoms with Crippen molar-refractivity contribution in [2.75, 3.05) is 7.11 Å². The number of methoxy groups -OCH3 is 1. The molecule has 0 bridgehead atoms. The Bertz CT molecular complexity index is 875. The van der Waals surface area contributed by atoms with Gasteiger partial charge in [-0.25, -0.2) is 4.79 Å². The molecule has 1 aromatic carbocycles. The number of rotatable bonds is 2. The summed E-state index contributed by atoms with van der Waals surface area (Å²) < 4.78 is 16.7. The molecular weight excluding hydrogens is 360 g/mol. The van der Waals surface area contributed by atoms with Crippen molar-refractivity contribution in [1.29, 1.82) is 0 Å². The van der Waals surface area contributed by atoms with E-state index in [1.165, 1.54) is 24.1 Å². The highest BCUT2D eigenvalue weighted by Crippen LogP contribution is 2.46. The van der Waals surface area contributed by atoms with Crippen LogP contribution < -0.4 is 0 Å². The number of carbonyl (C=O) groups is 4. The maximum Gasteiger partial charge on any atom is 0.330 e. The van der Waals surface area contributed by atoms with E-state index in [0.29, 0.717) is 0 Å². The number of β-lactam (4-membered cyclic amide) rings is 1. The molecule has 0 radical (unpaired) electrons. The molecule has 4 rings (SSSR count). The first-order valence-corrected chi connectivity index (χ1v) is 9.22. The Hall–Kier alpha value is -2.55. The number of ether oxygens (including phenoxy) is 1. The second-order valence-corrected chi connectivity index (χ2v) is 9.06. The molecule has 0 saturated carbocycles. The molecule has 0 aromatic heterocycles. The van der Waals surface area contributed by atoms with Crippen LogP contribution in [0.3, 0.4) is 0 Å². The van der Waals surface area contributed by atoms with Crippen LogP contribution in [0.25, 0.3) is 0 Å². The first kappa shape index (κ1) is 16.9. The molecule has 0 aliphatic carbocycles. The normalized spacial score (nSPS) is 31.6. The van der Waals surface area contributed by atoms with Gasteiger partial charge in [0, 0.05) is 0 Å². The summed E-state index contributed by atoms with van der Waals surface area (Å²) in [5.74, 6) is -2.40. The third-order valence-corrected chi connectivity index (χ3v) is 7.44. The van der Waals surface area contributed by atoms with Crippen molar-refractivity contribution in [2.24, 2.45) is 0 Å². The van der Waals surface area contributed by atoms with E-state index in [1.807, 2.05) is 0 Å². The summed E-state index contributed by atoms with van der Waals surface area (Å²) >= 11 is 0. The van der Waals surface area contributed by atoms with Gasteiger partial charge >= 0.3 is 5.97 Å². The topological polar surface area (TPSA) is 101 Å². The average molecular weight is 376 g/mol. The predicted molar refractivity (Wildman–Crippen MR) is 89.4 cm³/mol. The second kappa shape index (κ2) is 5.23. The molecule has 1 aromatic rings.